The van der Waals surface area contributed by atoms with Gasteiger partial charge in [0, 0.05) is 37.0 Å². The molecule has 0 bridgehead atoms. The Morgan fingerprint density at radius 2 is 1.88 bits per heavy atom. The number of aromatic nitrogens is 1. The van der Waals surface area contributed by atoms with Crippen LogP contribution in [0.3, 0.4) is 0 Å². The molecule has 3 amide bonds. The van der Waals surface area contributed by atoms with Crippen LogP contribution < -0.4 is 10.6 Å². The largest absolute Gasteiger partial charge is 0.433 e. The van der Waals surface area contributed by atoms with Gasteiger partial charge in [-0.3, -0.25) is 24.0 Å². The number of rotatable bonds is 3. The van der Waals surface area contributed by atoms with Crippen LogP contribution in [0.2, 0.25) is 0 Å². The third-order valence-electron chi connectivity index (χ3n) is 7.41. The van der Waals surface area contributed by atoms with Crippen LogP contribution in [-0.2, 0) is 6.18 Å². The lowest BCUT2D eigenvalue weighted by Crippen LogP contribution is -2.51. The number of hydrogen-bond acceptors (Lipinski definition) is 7. The van der Waals surface area contributed by atoms with Gasteiger partial charge >= 0.3 is 12.2 Å². The number of ketones is 1. The second kappa shape index (κ2) is 10.0. The lowest BCUT2D eigenvalue weighted by atomic mass is 9.87. The molecule has 40 heavy (non-hydrogen) atoms. The number of hydrogen-bond donors (Lipinski definition) is 4. The van der Waals surface area contributed by atoms with Gasteiger partial charge in [0.05, 0.1) is 15.2 Å². The molecule has 4 heterocycles. The van der Waals surface area contributed by atoms with Gasteiger partial charge in [0.1, 0.15) is 15.5 Å². The molecule has 214 valence electrons. The first-order valence-electron chi connectivity index (χ1n) is 12.5. The molecule has 0 atom stereocenters. The first-order valence-corrected chi connectivity index (χ1v) is 14.9. The fourth-order valence-corrected chi connectivity index (χ4v) is 8.66. The summed E-state index contributed by atoms with van der Waals surface area (Å²) in [6.45, 7) is 3.95. The summed E-state index contributed by atoms with van der Waals surface area (Å²) in [7, 11) is -3.38. The Morgan fingerprint density at radius 3 is 2.52 bits per heavy atom. The average Bonchev–Trinajstić information content (AvgIpc) is 3.24. The van der Waals surface area contributed by atoms with E-state index in [1.165, 1.54) is 11.0 Å². The molecule has 1 spiro atoms. The second-order valence-electron chi connectivity index (χ2n) is 9.96. The highest BCUT2D eigenvalue weighted by molar-refractivity contribution is 8.25. The van der Waals surface area contributed by atoms with E-state index in [0.29, 0.717) is 12.1 Å². The molecule has 3 aromatic rings. The Kier molecular flexibility index (Phi) is 7.09. The van der Waals surface area contributed by atoms with Gasteiger partial charge in [0.2, 0.25) is 0 Å². The van der Waals surface area contributed by atoms with Crippen molar-refractivity contribution in [3.63, 3.8) is 0 Å². The maximum Gasteiger partial charge on any atom is 0.433 e. The molecule has 2 aromatic heterocycles. The number of fused-ring (bicyclic) bond motifs is 2. The number of likely N-dealkylation sites (tertiary alicyclic amines) is 1. The number of alkyl halides is 3. The Morgan fingerprint density at radius 1 is 1.18 bits per heavy atom. The molecular formula is C26H27F3N4O5S2. The zero-order valence-electron chi connectivity index (χ0n) is 21.6. The topological polar surface area (TPSA) is 132 Å². The normalized spacial score (nSPS) is 18.9. The molecule has 9 nitrogen and oxygen atoms in total. The van der Waals surface area contributed by atoms with Crippen molar-refractivity contribution in [1.82, 2.24) is 15.2 Å². The predicted molar refractivity (Wildman–Crippen MR) is 146 cm³/mol. The number of pyridine rings is 1. The minimum Gasteiger partial charge on any atom is -0.338 e. The molecule has 2 aliphatic heterocycles. The summed E-state index contributed by atoms with van der Waals surface area (Å²) in [6.07, 6.45) is -4.48. The standard InChI is InChI=1S/C26H27F3N4O5S2/c1-3-30-24(36)32-22-20(15-5-7-19(26(27,28)29)31-21(15)39-22)23(35)33-10-8-25(9-11-33)13-17(34)16-12-14(2)4-6-18(16)40(25,37)38/h4-7,12,37-38H,3,8-11,13H2,1-2H3,(H2,30,32,36). The van der Waals surface area contributed by atoms with Gasteiger partial charge < -0.3 is 10.2 Å². The van der Waals surface area contributed by atoms with E-state index in [9.17, 15) is 36.7 Å². The van der Waals surface area contributed by atoms with Crippen LogP contribution in [0, 0.1) is 6.92 Å². The van der Waals surface area contributed by atoms with E-state index in [4.69, 9.17) is 0 Å². The molecule has 0 unspecified atom stereocenters. The summed E-state index contributed by atoms with van der Waals surface area (Å²) in [4.78, 5) is 44.4. The van der Waals surface area contributed by atoms with Crippen LogP contribution in [0.15, 0.2) is 35.2 Å². The smallest absolute Gasteiger partial charge is 0.338 e. The average molecular weight is 597 g/mol. The van der Waals surface area contributed by atoms with E-state index < -0.39 is 39.1 Å². The molecule has 1 aromatic carbocycles. The van der Waals surface area contributed by atoms with Crippen LogP contribution in [0.25, 0.3) is 10.2 Å². The molecule has 0 saturated carbocycles. The number of carbonyl (C=O) groups is 3. The number of thiophene rings is 1. The summed E-state index contributed by atoms with van der Waals surface area (Å²) < 4.78 is 61.5. The number of urea groups is 1. The number of anilines is 1. The lowest BCUT2D eigenvalue weighted by Gasteiger charge is -2.56. The highest BCUT2D eigenvalue weighted by atomic mass is 32.3. The minimum atomic E-state index is -4.69. The Balaban J connectivity index is 1.46. The summed E-state index contributed by atoms with van der Waals surface area (Å²) in [6, 6.07) is 6.28. The number of Topliss-reactive ketones (excluding diaryl/α,β-unsaturated/α-hetero) is 1. The van der Waals surface area contributed by atoms with Crippen molar-refractivity contribution in [3.05, 3.63) is 52.7 Å². The van der Waals surface area contributed by atoms with Crippen molar-refractivity contribution >= 4 is 54.9 Å². The number of amides is 3. The predicted octanol–water partition coefficient (Wildman–Crippen LogP) is 6.14. The number of benzene rings is 1. The number of halogens is 3. The van der Waals surface area contributed by atoms with Crippen LogP contribution in [0.1, 0.15) is 58.2 Å². The van der Waals surface area contributed by atoms with Gasteiger partial charge in [-0.15, -0.1) is 0 Å². The number of piperidine rings is 1. The van der Waals surface area contributed by atoms with Crippen LogP contribution in [-0.4, -0.2) is 61.1 Å². The van der Waals surface area contributed by atoms with Gasteiger partial charge in [-0.25, -0.2) is 9.78 Å². The monoisotopic (exact) mass is 596 g/mol. The first-order chi connectivity index (χ1) is 18.8. The van der Waals surface area contributed by atoms with Crippen LogP contribution in [0.5, 0.6) is 0 Å². The highest BCUT2D eigenvalue weighted by Gasteiger charge is 2.52. The SMILES string of the molecule is CCNC(=O)Nc1sc2nc(C(F)(F)F)ccc2c1C(=O)N1CCC2(CC1)CC(=O)c1cc(C)ccc1S2(O)O. The summed E-state index contributed by atoms with van der Waals surface area (Å²) in [5.74, 6) is -0.724. The van der Waals surface area contributed by atoms with Gasteiger partial charge in [0.15, 0.2) is 5.78 Å². The Labute approximate surface area is 233 Å². The number of aryl methyl sites for hydroxylation is 1. The molecule has 5 rings (SSSR count). The van der Waals surface area contributed by atoms with Crippen molar-refractivity contribution in [2.24, 2.45) is 0 Å². The molecule has 0 aliphatic carbocycles. The van der Waals surface area contributed by atoms with Crippen molar-refractivity contribution < 1.29 is 36.7 Å². The van der Waals surface area contributed by atoms with Crippen molar-refractivity contribution in [1.29, 1.82) is 0 Å². The molecule has 4 N–H and O–H groups in total. The fourth-order valence-electron chi connectivity index (χ4n) is 5.31. The van der Waals surface area contributed by atoms with E-state index in [0.717, 1.165) is 23.0 Å². The summed E-state index contributed by atoms with van der Waals surface area (Å²) in [5.41, 5.74) is 0.0270. The van der Waals surface area contributed by atoms with Gasteiger partial charge in [-0.05, 0) is 51.0 Å². The first kappa shape index (κ1) is 28.3. The molecule has 2 aliphatic rings. The molecule has 0 radical (unpaired) electrons. The number of nitrogens with one attached hydrogen (secondary N) is 2. The summed E-state index contributed by atoms with van der Waals surface area (Å²) in [5, 5.41) is 5.30. The van der Waals surface area contributed by atoms with Crippen molar-refractivity contribution in [2.75, 3.05) is 25.0 Å². The van der Waals surface area contributed by atoms with E-state index in [1.807, 2.05) is 6.92 Å². The molecule has 14 heteroatoms. The van der Waals surface area contributed by atoms with E-state index in [1.54, 1.807) is 25.1 Å². The maximum atomic E-state index is 13.8. The Hall–Kier alpha value is -3.20. The molecule has 1 fully saturated rings. The van der Waals surface area contributed by atoms with E-state index in [-0.39, 0.29) is 63.8 Å². The third kappa shape index (κ3) is 4.72. The zero-order chi connectivity index (χ0) is 29.0. The maximum absolute atomic E-state index is 13.8. The lowest BCUT2D eigenvalue weighted by molar-refractivity contribution is -0.140. The van der Waals surface area contributed by atoms with Crippen LogP contribution >= 0.6 is 21.9 Å². The van der Waals surface area contributed by atoms with E-state index >= 15 is 0 Å². The minimum absolute atomic E-state index is 0.00979. The van der Waals surface area contributed by atoms with Gasteiger partial charge in [-0.1, -0.05) is 23.0 Å². The molecular weight excluding hydrogens is 569 g/mol. The van der Waals surface area contributed by atoms with Crippen LogP contribution in [0.4, 0.5) is 23.0 Å². The van der Waals surface area contributed by atoms with Gasteiger partial charge in [0.25, 0.3) is 5.91 Å². The molecule has 1 saturated heterocycles. The summed E-state index contributed by atoms with van der Waals surface area (Å²) >= 11 is 0.765. The zero-order valence-corrected chi connectivity index (χ0v) is 23.2. The van der Waals surface area contributed by atoms with E-state index in [2.05, 4.69) is 15.6 Å². The Bertz CT molecular complexity index is 1530. The van der Waals surface area contributed by atoms with Crippen molar-refractivity contribution in [2.45, 2.75) is 48.9 Å². The van der Waals surface area contributed by atoms with Gasteiger partial charge in [-0.2, -0.15) is 23.8 Å². The number of nitrogens with zero attached hydrogens (tertiary/aromatic N) is 2. The third-order valence-corrected chi connectivity index (χ3v) is 11.2. The highest BCUT2D eigenvalue weighted by Crippen LogP contribution is 2.67. The van der Waals surface area contributed by atoms with Crippen molar-refractivity contribution in [3.8, 4) is 0 Å². The second-order valence-corrected chi connectivity index (χ2v) is 13.4. The quantitative estimate of drug-likeness (QED) is 0.287. The fraction of sp³-hybridized carbons (Fsp3) is 0.385. The number of carbonyl (C=O) groups excluding carboxylic acids is 3.